The molecule has 50 heavy (non-hydrogen) atoms. The second-order valence-electron chi connectivity index (χ2n) is 11.9. The van der Waals surface area contributed by atoms with Gasteiger partial charge >= 0.3 is 0 Å². The molecule has 0 saturated carbocycles. The zero-order valence-electron chi connectivity index (χ0n) is 27.0. The second-order valence-corrected chi connectivity index (χ2v) is 11.9. The lowest BCUT2D eigenvalue weighted by Crippen LogP contribution is -2.00. The van der Waals surface area contributed by atoms with Gasteiger partial charge in [-0.1, -0.05) is 127 Å². The maximum absolute atomic E-state index is 9.31. The van der Waals surface area contributed by atoms with E-state index in [0.29, 0.717) is 23.0 Å². The first kappa shape index (κ1) is 30.3. The highest BCUT2D eigenvalue weighted by atomic mass is 15.0. The molecule has 0 bridgehead atoms. The molecular weight excluding hydrogens is 611 g/mol. The molecule has 0 aliphatic rings. The molecule has 5 nitrogen and oxygen atoms in total. The highest BCUT2D eigenvalue weighted by Gasteiger charge is 2.14. The van der Waals surface area contributed by atoms with Crippen molar-refractivity contribution in [1.82, 2.24) is 19.9 Å². The molecule has 2 heterocycles. The van der Waals surface area contributed by atoms with Crippen LogP contribution in [0.4, 0.5) is 0 Å². The number of rotatable bonds is 7. The third-order valence-corrected chi connectivity index (χ3v) is 8.55. The van der Waals surface area contributed by atoms with Crippen LogP contribution in [0.15, 0.2) is 176 Å². The van der Waals surface area contributed by atoms with Gasteiger partial charge in [0.1, 0.15) is 0 Å². The van der Waals surface area contributed by atoms with Crippen LogP contribution in [0.3, 0.4) is 0 Å². The van der Waals surface area contributed by atoms with Crippen molar-refractivity contribution in [3.63, 3.8) is 0 Å². The van der Waals surface area contributed by atoms with Gasteiger partial charge in [0.15, 0.2) is 17.5 Å². The summed E-state index contributed by atoms with van der Waals surface area (Å²) < 4.78 is 0. The van der Waals surface area contributed by atoms with Crippen molar-refractivity contribution >= 4 is 0 Å². The smallest absolute Gasteiger partial charge is 0.164 e. The number of nitrogens with zero attached hydrogens (tertiary/aromatic N) is 5. The fraction of sp³-hybridized carbons (Fsp3) is 0. The quantitative estimate of drug-likeness (QED) is 0.173. The van der Waals surface area contributed by atoms with Gasteiger partial charge in [0, 0.05) is 27.8 Å². The minimum absolute atomic E-state index is 0.546. The van der Waals surface area contributed by atoms with Crippen LogP contribution in [-0.4, -0.2) is 19.9 Å². The summed E-state index contributed by atoms with van der Waals surface area (Å²) in [5.41, 5.74) is 11.4. The van der Waals surface area contributed by atoms with E-state index in [1.54, 1.807) is 12.1 Å². The highest BCUT2D eigenvalue weighted by molar-refractivity contribution is 5.80. The molecule has 5 heteroatoms. The van der Waals surface area contributed by atoms with Crippen LogP contribution in [0.5, 0.6) is 0 Å². The average Bonchev–Trinajstić information content (AvgIpc) is 3.21. The molecule has 0 spiro atoms. The van der Waals surface area contributed by atoms with E-state index in [4.69, 9.17) is 19.9 Å². The Balaban J connectivity index is 1.20. The van der Waals surface area contributed by atoms with E-state index in [1.807, 2.05) is 78.9 Å². The number of hydrogen-bond acceptors (Lipinski definition) is 5. The Morgan fingerprint density at radius 3 is 1.30 bits per heavy atom. The molecule has 0 N–H and O–H groups in total. The summed E-state index contributed by atoms with van der Waals surface area (Å²) in [5.74, 6) is 1.70. The Morgan fingerprint density at radius 1 is 0.300 bits per heavy atom. The van der Waals surface area contributed by atoms with Crippen LogP contribution in [0.1, 0.15) is 5.56 Å². The summed E-state index contributed by atoms with van der Waals surface area (Å²) in [7, 11) is 0. The Hall–Kier alpha value is -7.03. The first-order chi connectivity index (χ1) is 24.7. The SMILES string of the molecule is N#Cc1ccc(-c2nc(-c3ccccc3)nc(-c3cccc(-c4cccc(-c5cc(-c6ccccc6)cc(-c6ccccc6)n5)c4)c3)n2)cc1. The molecule has 0 fully saturated rings. The van der Waals surface area contributed by atoms with Crippen molar-refractivity contribution in [3.8, 4) is 85.0 Å². The molecule has 0 aliphatic heterocycles. The first-order valence-corrected chi connectivity index (χ1v) is 16.4. The van der Waals surface area contributed by atoms with Gasteiger partial charge < -0.3 is 0 Å². The number of benzene rings is 6. The summed E-state index contributed by atoms with van der Waals surface area (Å²) in [6, 6.07) is 61.2. The normalized spacial score (nSPS) is 10.8. The zero-order valence-corrected chi connectivity index (χ0v) is 27.0. The molecule has 0 radical (unpaired) electrons. The minimum Gasteiger partial charge on any atom is -0.248 e. The first-order valence-electron chi connectivity index (χ1n) is 16.4. The van der Waals surface area contributed by atoms with Crippen LogP contribution in [0, 0.1) is 11.3 Å². The average molecular weight is 640 g/mol. The lowest BCUT2D eigenvalue weighted by Gasteiger charge is -2.12. The number of hydrogen-bond donors (Lipinski definition) is 0. The van der Waals surface area contributed by atoms with E-state index >= 15 is 0 Å². The number of nitriles is 1. The predicted octanol–water partition coefficient (Wildman–Crippen LogP) is 10.8. The van der Waals surface area contributed by atoms with Crippen LogP contribution < -0.4 is 0 Å². The molecule has 8 aromatic rings. The molecule has 2 aromatic heterocycles. The molecular formula is C45H29N5. The number of pyridine rings is 1. The second kappa shape index (κ2) is 13.6. The summed E-state index contributed by atoms with van der Waals surface area (Å²) in [4.78, 5) is 19.8. The zero-order chi connectivity index (χ0) is 33.7. The Kier molecular flexibility index (Phi) is 8.25. The molecule has 234 valence electrons. The van der Waals surface area contributed by atoms with Crippen molar-refractivity contribution in [2.45, 2.75) is 0 Å². The highest BCUT2D eigenvalue weighted by Crippen LogP contribution is 2.33. The minimum atomic E-state index is 0.546. The molecule has 0 unspecified atom stereocenters. The summed E-state index contributed by atoms with van der Waals surface area (Å²) in [6.45, 7) is 0. The maximum Gasteiger partial charge on any atom is 0.164 e. The standard InChI is InChI=1S/C45H29N5/c46-30-31-22-24-35(25-23-31)44-48-43(34-16-8-3-9-17-34)49-45(50-44)39-21-11-19-37(27-39)36-18-10-20-38(26-36)42-29-40(32-12-4-1-5-13-32)28-41(47-42)33-14-6-2-7-15-33/h1-29H. The van der Waals surface area contributed by atoms with Gasteiger partial charge in [0.2, 0.25) is 0 Å². The Bertz CT molecular complexity index is 2410. The number of aromatic nitrogens is 4. The van der Waals surface area contributed by atoms with Crippen molar-refractivity contribution in [2.24, 2.45) is 0 Å². The van der Waals surface area contributed by atoms with Gasteiger partial charge in [-0.05, 0) is 70.8 Å². The lowest BCUT2D eigenvalue weighted by molar-refractivity contribution is 1.07. The molecule has 0 saturated heterocycles. The van der Waals surface area contributed by atoms with Crippen molar-refractivity contribution < 1.29 is 0 Å². The van der Waals surface area contributed by atoms with Crippen LogP contribution in [0.25, 0.3) is 78.9 Å². The van der Waals surface area contributed by atoms with Crippen LogP contribution in [-0.2, 0) is 0 Å². The molecule has 6 aromatic carbocycles. The Labute approximate surface area is 290 Å². The monoisotopic (exact) mass is 639 g/mol. The van der Waals surface area contributed by atoms with Gasteiger partial charge in [0.25, 0.3) is 0 Å². The third-order valence-electron chi connectivity index (χ3n) is 8.55. The van der Waals surface area contributed by atoms with Crippen molar-refractivity contribution in [3.05, 3.63) is 181 Å². The summed E-state index contributed by atoms with van der Waals surface area (Å²) >= 11 is 0. The summed E-state index contributed by atoms with van der Waals surface area (Å²) in [5, 5.41) is 9.31. The van der Waals surface area contributed by atoms with E-state index < -0.39 is 0 Å². The fourth-order valence-electron chi connectivity index (χ4n) is 5.97. The molecule has 8 rings (SSSR count). The molecule has 0 amide bonds. The van der Waals surface area contributed by atoms with E-state index in [2.05, 4.69) is 91.0 Å². The predicted molar refractivity (Wildman–Crippen MR) is 200 cm³/mol. The third kappa shape index (κ3) is 6.42. The van der Waals surface area contributed by atoms with E-state index in [-0.39, 0.29) is 0 Å². The fourth-order valence-corrected chi connectivity index (χ4v) is 5.97. The van der Waals surface area contributed by atoms with Gasteiger partial charge in [-0.2, -0.15) is 5.26 Å². The molecule has 0 aliphatic carbocycles. The van der Waals surface area contributed by atoms with Gasteiger partial charge in [-0.25, -0.2) is 19.9 Å². The van der Waals surface area contributed by atoms with Gasteiger partial charge in [0.05, 0.1) is 23.0 Å². The van der Waals surface area contributed by atoms with Crippen LogP contribution in [0.2, 0.25) is 0 Å². The van der Waals surface area contributed by atoms with Crippen molar-refractivity contribution in [1.29, 1.82) is 5.26 Å². The Morgan fingerprint density at radius 2 is 0.720 bits per heavy atom. The van der Waals surface area contributed by atoms with E-state index in [1.165, 1.54) is 0 Å². The lowest BCUT2D eigenvalue weighted by atomic mass is 9.97. The van der Waals surface area contributed by atoms with Crippen molar-refractivity contribution in [2.75, 3.05) is 0 Å². The summed E-state index contributed by atoms with van der Waals surface area (Å²) in [6.07, 6.45) is 0. The molecule has 0 atom stereocenters. The van der Waals surface area contributed by atoms with Crippen LogP contribution >= 0.6 is 0 Å². The van der Waals surface area contributed by atoms with Gasteiger partial charge in [-0.3, -0.25) is 0 Å². The largest absolute Gasteiger partial charge is 0.248 e. The topological polar surface area (TPSA) is 75.3 Å². The maximum atomic E-state index is 9.31. The van der Waals surface area contributed by atoms with Gasteiger partial charge in [-0.15, -0.1) is 0 Å². The van der Waals surface area contributed by atoms with E-state index in [9.17, 15) is 5.26 Å². The van der Waals surface area contributed by atoms with E-state index in [0.717, 1.165) is 61.5 Å².